The molecule has 0 bridgehead atoms. The van der Waals surface area contributed by atoms with E-state index in [1.807, 2.05) is 13.8 Å². The first-order valence-electron chi connectivity index (χ1n) is 5.96. The summed E-state index contributed by atoms with van der Waals surface area (Å²) >= 11 is 0.996. The Morgan fingerprint density at radius 2 is 2.15 bits per heavy atom. The van der Waals surface area contributed by atoms with E-state index < -0.39 is 11.9 Å². The Morgan fingerprint density at radius 3 is 2.75 bits per heavy atom. The van der Waals surface area contributed by atoms with Crippen molar-refractivity contribution >= 4 is 29.1 Å². The molecule has 1 amide bonds. The molecule has 0 atom stereocenters. The number of H-pyrrole nitrogens is 1. The fraction of sp³-hybridized carbons (Fsp3) is 0.333. The van der Waals surface area contributed by atoms with Gasteiger partial charge in [0.05, 0.1) is 11.4 Å². The third-order valence-corrected chi connectivity index (χ3v) is 3.42. The van der Waals surface area contributed by atoms with Crippen molar-refractivity contribution in [2.45, 2.75) is 26.7 Å². The predicted octanol–water partition coefficient (Wildman–Crippen LogP) is 2.25. The van der Waals surface area contributed by atoms with Gasteiger partial charge in [0.1, 0.15) is 10.6 Å². The Labute approximate surface area is 119 Å². The number of nitrogens with one attached hydrogen (secondary N) is 2. The lowest BCUT2D eigenvalue weighted by Crippen LogP contribution is -2.15. The quantitative estimate of drug-likeness (QED) is 0.801. The van der Waals surface area contributed by atoms with Crippen LogP contribution in [0.3, 0.4) is 0 Å². The second kappa shape index (κ2) is 5.41. The fourth-order valence-electron chi connectivity index (χ4n) is 1.77. The molecule has 2 aromatic rings. The Morgan fingerprint density at radius 1 is 1.45 bits per heavy atom. The first kappa shape index (κ1) is 14.2. The minimum Gasteiger partial charge on any atom is -0.477 e. The van der Waals surface area contributed by atoms with Gasteiger partial charge in [-0.25, -0.2) is 4.79 Å². The lowest BCUT2D eigenvalue weighted by molar-refractivity contribution is 0.0692. The van der Waals surface area contributed by atoms with E-state index in [-0.39, 0.29) is 17.3 Å². The van der Waals surface area contributed by atoms with Gasteiger partial charge in [0, 0.05) is 5.69 Å². The highest BCUT2D eigenvalue weighted by Gasteiger charge is 2.21. The molecule has 0 aliphatic rings. The molecular formula is C12H14N4O3S. The van der Waals surface area contributed by atoms with Crippen LogP contribution in [-0.2, 0) is 0 Å². The molecule has 2 aromatic heterocycles. The van der Waals surface area contributed by atoms with E-state index in [1.165, 1.54) is 0 Å². The number of carbonyl (C=O) groups excluding carboxylic acids is 1. The number of hydrogen-bond acceptors (Lipinski definition) is 5. The highest BCUT2D eigenvalue weighted by Crippen LogP contribution is 2.23. The van der Waals surface area contributed by atoms with E-state index in [0.29, 0.717) is 16.3 Å². The molecule has 0 fully saturated rings. The first-order valence-corrected chi connectivity index (χ1v) is 6.74. The van der Waals surface area contributed by atoms with Gasteiger partial charge in [-0.1, -0.05) is 18.3 Å². The monoisotopic (exact) mass is 294 g/mol. The van der Waals surface area contributed by atoms with E-state index in [9.17, 15) is 9.59 Å². The number of hydrogen-bond donors (Lipinski definition) is 3. The maximum Gasteiger partial charge on any atom is 0.354 e. The molecule has 2 heterocycles. The van der Waals surface area contributed by atoms with Crippen molar-refractivity contribution < 1.29 is 14.7 Å². The zero-order valence-electron chi connectivity index (χ0n) is 11.2. The molecule has 2 rings (SSSR count). The molecule has 3 N–H and O–H groups in total. The molecule has 0 aliphatic heterocycles. The summed E-state index contributed by atoms with van der Waals surface area (Å²) in [4.78, 5) is 26.4. The number of aryl methyl sites for hydroxylation is 1. The molecule has 0 unspecified atom stereocenters. The minimum absolute atomic E-state index is 0.0422. The van der Waals surface area contributed by atoms with Crippen LogP contribution in [0.25, 0.3) is 0 Å². The number of anilines is 1. The number of aromatic amines is 1. The minimum atomic E-state index is -1.13. The zero-order valence-corrected chi connectivity index (χ0v) is 12.0. The fourth-order valence-corrected chi connectivity index (χ4v) is 2.48. The number of aromatic carboxylic acids is 1. The van der Waals surface area contributed by atoms with Crippen LogP contribution in [0.2, 0.25) is 0 Å². The average Bonchev–Trinajstić information content (AvgIpc) is 2.95. The molecule has 8 heteroatoms. The van der Waals surface area contributed by atoms with Gasteiger partial charge >= 0.3 is 5.97 Å². The van der Waals surface area contributed by atoms with E-state index >= 15 is 0 Å². The predicted molar refractivity (Wildman–Crippen MR) is 74.4 cm³/mol. The summed E-state index contributed by atoms with van der Waals surface area (Å²) in [6.45, 7) is 5.54. The van der Waals surface area contributed by atoms with Crippen LogP contribution in [0.5, 0.6) is 0 Å². The summed E-state index contributed by atoms with van der Waals surface area (Å²) < 4.78 is 3.78. The van der Waals surface area contributed by atoms with Crippen molar-refractivity contribution in [3.05, 3.63) is 28.0 Å². The van der Waals surface area contributed by atoms with E-state index in [2.05, 4.69) is 19.9 Å². The van der Waals surface area contributed by atoms with Crippen molar-refractivity contribution in [3.63, 3.8) is 0 Å². The van der Waals surface area contributed by atoms with Crippen LogP contribution < -0.4 is 5.32 Å². The van der Waals surface area contributed by atoms with Crippen molar-refractivity contribution in [1.29, 1.82) is 0 Å². The maximum atomic E-state index is 12.2. The van der Waals surface area contributed by atoms with Crippen molar-refractivity contribution in [2.24, 2.45) is 0 Å². The van der Waals surface area contributed by atoms with Crippen LogP contribution >= 0.6 is 11.5 Å². The Bertz CT molecular complexity index is 659. The van der Waals surface area contributed by atoms with E-state index in [0.717, 1.165) is 11.5 Å². The summed E-state index contributed by atoms with van der Waals surface area (Å²) in [5, 5.41) is 15.6. The number of rotatable bonds is 4. The van der Waals surface area contributed by atoms with Crippen LogP contribution in [0.4, 0.5) is 5.69 Å². The number of carboxylic acids is 1. The highest BCUT2D eigenvalue weighted by molar-refractivity contribution is 7.08. The molecule has 0 aromatic carbocycles. The Hall–Kier alpha value is -2.22. The summed E-state index contributed by atoms with van der Waals surface area (Å²) in [6, 6.07) is 1.57. The lowest BCUT2D eigenvalue weighted by atomic mass is 10.1. The topological polar surface area (TPSA) is 108 Å². The molecule has 0 saturated heterocycles. The summed E-state index contributed by atoms with van der Waals surface area (Å²) in [6.07, 6.45) is 0. The van der Waals surface area contributed by atoms with Gasteiger partial charge in [0.2, 0.25) is 0 Å². The van der Waals surface area contributed by atoms with Gasteiger partial charge in [0.25, 0.3) is 5.91 Å². The van der Waals surface area contributed by atoms with E-state index in [4.69, 9.17) is 5.11 Å². The van der Waals surface area contributed by atoms with Gasteiger partial charge in [-0.3, -0.25) is 4.79 Å². The molecular weight excluding hydrogens is 280 g/mol. The van der Waals surface area contributed by atoms with Gasteiger partial charge in [0.15, 0.2) is 0 Å². The summed E-state index contributed by atoms with van der Waals surface area (Å²) in [7, 11) is 0. The Balaban J connectivity index is 2.28. The van der Waals surface area contributed by atoms with Gasteiger partial charge in [-0.2, -0.15) is 0 Å². The number of aromatic nitrogens is 3. The number of carbonyl (C=O) groups is 2. The lowest BCUT2D eigenvalue weighted by Gasteiger charge is -2.05. The number of nitrogens with zero attached hydrogens (tertiary/aromatic N) is 2. The van der Waals surface area contributed by atoms with Crippen molar-refractivity contribution in [3.8, 4) is 0 Å². The van der Waals surface area contributed by atoms with Crippen LogP contribution in [0.15, 0.2) is 6.07 Å². The van der Waals surface area contributed by atoms with E-state index in [1.54, 1.807) is 13.0 Å². The standard InChI is InChI=1S/C12H14N4O3S/c1-5(2)8-10(20-16-15-8)11(17)14-7-4-6(3)13-9(7)12(18)19/h4-5,13H,1-3H3,(H,14,17)(H,18,19). The normalized spacial score (nSPS) is 10.8. The second-order valence-corrected chi connectivity index (χ2v) is 5.40. The second-order valence-electron chi connectivity index (χ2n) is 4.64. The van der Waals surface area contributed by atoms with Crippen LogP contribution in [0, 0.1) is 6.92 Å². The highest BCUT2D eigenvalue weighted by atomic mass is 32.1. The van der Waals surface area contributed by atoms with Crippen LogP contribution in [0.1, 0.15) is 51.3 Å². The molecule has 106 valence electrons. The molecule has 0 spiro atoms. The first-order chi connectivity index (χ1) is 9.40. The molecule has 0 saturated carbocycles. The number of carboxylic acid groups (broad SMARTS) is 1. The SMILES string of the molecule is Cc1cc(NC(=O)c2snnc2C(C)C)c(C(=O)O)[nH]1. The summed E-state index contributed by atoms with van der Waals surface area (Å²) in [5.74, 6) is -1.45. The largest absolute Gasteiger partial charge is 0.477 e. The van der Waals surface area contributed by atoms with Gasteiger partial charge in [-0.05, 0) is 30.4 Å². The van der Waals surface area contributed by atoms with Crippen molar-refractivity contribution in [1.82, 2.24) is 14.6 Å². The van der Waals surface area contributed by atoms with Gasteiger partial charge in [-0.15, -0.1) is 5.10 Å². The maximum absolute atomic E-state index is 12.2. The number of amides is 1. The average molecular weight is 294 g/mol. The van der Waals surface area contributed by atoms with Crippen LogP contribution in [-0.4, -0.2) is 31.6 Å². The molecule has 0 radical (unpaired) electrons. The Kier molecular flexibility index (Phi) is 3.84. The third kappa shape index (κ3) is 2.69. The molecule has 20 heavy (non-hydrogen) atoms. The van der Waals surface area contributed by atoms with Crippen molar-refractivity contribution in [2.75, 3.05) is 5.32 Å². The molecule has 7 nitrogen and oxygen atoms in total. The van der Waals surface area contributed by atoms with Gasteiger partial charge < -0.3 is 15.4 Å². The molecule has 0 aliphatic carbocycles. The zero-order chi connectivity index (χ0) is 14.9. The summed E-state index contributed by atoms with van der Waals surface area (Å²) in [5.41, 5.74) is 1.46. The third-order valence-electron chi connectivity index (χ3n) is 2.68. The smallest absolute Gasteiger partial charge is 0.354 e.